The van der Waals surface area contributed by atoms with E-state index in [1.54, 1.807) is 36.5 Å². The van der Waals surface area contributed by atoms with E-state index >= 15 is 0 Å². The molecule has 0 aliphatic rings. The summed E-state index contributed by atoms with van der Waals surface area (Å²) in [6, 6.07) is 10.4. The molecule has 1 amide bonds. The first-order chi connectivity index (χ1) is 9.11. The molecular weight excluding hydrogens is 374 g/mol. The van der Waals surface area contributed by atoms with Crippen LogP contribution in [-0.2, 0) is 0 Å². The highest BCUT2D eigenvalue weighted by atomic mass is 79.9. The van der Waals surface area contributed by atoms with Gasteiger partial charge in [-0.1, -0.05) is 15.9 Å². The van der Waals surface area contributed by atoms with Crippen LogP contribution in [0.1, 0.15) is 15.9 Å². The Hall–Kier alpha value is -1.71. The van der Waals surface area contributed by atoms with Crippen molar-refractivity contribution in [3.05, 3.63) is 56.7 Å². The van der Waals surface area contributed by atoms with E-state index in [1.807, 2.05) is 6.07 Å². The summed E-state index contributed by atoms with van der Waals surface area (Å²) in [6.07, 6.45) is 1.58. The normalized spacial score (nSPS) is 9.74. The van der Waals surface area contributed by atoms with Crippen LogP contribution in [0.4, 0.5) is 5.69 Å². The van der Waals surface area contributed by atoms with Gasteiger partial charge in [-0.25, -0.2) is 4.98 Å². The fraction of sp³-hybridized carbons (Fsp3) is 0. The fourth-order valence-electron chi connectivity index (χ4n) is 1.46. The molecule has 19 heavy (non-hydrogen) atoms. The molecule has 1 aromatic heterocycles. The predicted molar refractivity (Wildman–Crippen MR) is 78.7 cm³/mol. The Bertz CT molecular complexity index is 680. The molecule has 2 aromatic rings. The summed E-state index contributed by atoms with van der Waals surface area (Å²) in [4.78, 5) is 16.1. The minimum Gasteiger partial charge on any atom is -0.321 e. The Balaban J connectivity index is 2.32. The van der Waals surface area contributed by atoms with Gasteiger partial charge < -0.3 is 5.32 Å². The molecule has 1 aromatic carbocycles. The van der Waals surface area contributed by atoms with Gasteiger partial charge in [0.25, 0.3) is 5.91 Å². The standard InChI is InChI=1S/C13H7Br2N3O/c14-9-4-3-8(7-16)11(6-9)18-13(19)10-2-1-5-17-12(10)15/h1-6H,(H,18,19). The number of amides is 1. The quantitative estimate of drug-likeness (QED) is 0.807. The average molecular weight is 381 g/mol. The molecule has 0 saturated heterocycles. The van der Waals surface area contributed by atoms with Crippen LogP contribution in [0.2, 0.25) is 0 Å². The Morgan fingerprint density at radius 2 is 2.11 bits per heavy atom. The zero-order chi connectivity index (χ0) is 13.8. The Labute approximate surface area is 126 Å². The molecule has 4 nitrogen and oxygen atoms in total. The van der Waals surface area contributed by atoms with Crippen LogP contribution in [-0.4, -0.2) is 10.9 Å². The lowest BCUT2D eigenvalue weighted by Crippen LogP contribution is -2.14. The lowest BCUT2D eigenvalue weighted by atomic mass is 10.2. The highest BCUT2D eigenvalue weighted by Crippen LogP contribution is 2.22. The number of anilines is 1. The van der Waals surface area contributed by atoms with Gasteiger partial charge >= 0.3 is 0 Å². The van der Waals surface area contributed by atoms with Crippen LogP contribution in [0.3, 0.4) is 0 Å². The number of hydrogen-bond donors (Lipinski definition) is 1. The molecule has 0 unspecified atom stereocenters. The first kappa shape index (κ1) is 13.7. The summed E-state index contributed by atoms with van der Waals surface area (Å²) in [7, 11) is 0. The number of carbonyl (C=O) groups is 1. The predicted octanol–water partition coefficient (Wildman–Crippen LogP) is 3.73. The van der Waals surface area contributed by atoms with Crippen molar-refractivity contribution in [3.63, 3.8) is 0 Å². The van der Waals surface area contributed by atoms with Crippen molar-refractivity contribution in [1.82, 2.24) is 4.98 Å². The molecule has 0 aliphatic carbocycles. The third kappa shape index (κ3) is 3.19. The lowest BCUT2D eigenvalue weighted by Gasteiger charge is -2.08. The largest absolute Gasteiger partial charge is 0.321 e. The number of halogens is 2. The van der Waals surface area contributed by atoms with E-state index in [4.69, 9.17) is 5.26 Å². The van der Waals surface area contributed by atoms with Gasteiger partial charge in [0.1, 0.15) is 10.7 Å². The number of nitrogens with zero attached hydrogens (tertiary/aromatic N) is 2. The van der Waals surface area contributed by atoms with Gasteiger partial charge in [-0.15, -0.1) is 0 Å². The van der Waals surface area contributed by atoms with E-state index in [9.17, 15) is 4.79 Å². The second-order valence-electron chi connectivity index (χ2n) is 3.60. The van der Waals surface area contributed by atoms with Crippen LogP contribution < -0.4 is 5.32 Å². The van der Waals surface area contributed by atoms with Crippen LogP contribution >= 0.6 is 31.9 Å². The second-order valence-corrected chi connectivity index (χ2v) is 5.26. The molecule has 94 valence electrons. The summed E-state index contributed by atoms with van der Waals surface area (Å²) >= 11 is 6.52. The van der Waals surface area contributed by atoms with Crippen molar-refractivity contribution < 1.29 is 4.79 Å². The zero-order valence-corrected chi connectivity index (χ0v) is 12.7. The van der Waals surface area contributed by atoms with E-state index in [1.165, 1.54) is 0 Å². The molecule has 0 radical (unpaired) electrons. The summed E-state index contributed by atoms with van der Waals surface area (Å²) in [6.45, 7) is 0. The van der Waals surface area contributed by atoms with Gasteiger partial charge in [0.15, 0.2) is 0 Å². The van der Waals surface area contributed by atoms with Gasteiger partial charge in [-0.05, 0) is 46.3 Å². The molecule has 6 heteroatoms. The van der Waals surface area contributed by atoms with E-state index < -0.39 is 0 Å². The minimum absolute atomic E-state index is 0.324. The number of nitrogens with one attached hydrogen (secondary N) is 1. The Morgan fingerprint density at radius 1 is 1.32 bits per heavy atom. The molecule has 0 fully saturated rings. The number of rotatable bonds is 2. The Morgan fingerprint density at radius 3 is 2.79 bits per heavy atom. The van der Waals surface area contributed by atoms with E-state index in [-0.39, 0.29) is 5.91 Å². The van der Waals surface area contributed by atoms with Crippen molar-refractivity contribution in [2.75, 3.05) is 5.32 Å². The first-order valence-electron chi connectivity index (χ1n) is 5.23. The summed E-state index contributed by atoms with van der Waals surface area (Å²) in [5.74, 6) is -0.324. The number of carbonyl (C=O) groups excluding carboxylic acids is 1. The fourth-order valence-corrected chi connectivity index (χ4v) is 2.25. The van der Waals surface area contributed by atoms with Gasteiger partial charge in [0.05, 0.1) is 16.8 Å². The van der Waals surface area contributed by atoms with Gasteiger partial charge in [-0.3, -0.25) is 4.79 Å². The van der Waals surface area contributed by atoms with Crippen molar-refractivity contribution in [2.45, 2.75) is 0 Å². The number of hydrogen-bond acceptors (Lipinski definition) is 3. The molecule has 0 atom stereocenters. The van der Waals surface area contributed by atoms with Crippen LogP contribution in [0.15, 0.2) is 45.6 Å². The smallest absolute Gasteiger partial charge is 0.258 e. The van der Waals surface area contributed by atoms with E-state index in [2.05, 4.69) is 42.2 Å². The van der Waals surface area contributed by atoms with Crippen molar-refractivity contribution in [2.24, 2.45) is 0 Å². The maximum atomic E-state index is 12.1. The number of aromatic nitrogens is 1. The number of benzene rings is 1. The van der Waals surface area contributed by atoms with Gasteiger partial charge in [0.2, 0.25) is 0 Å². The molecule has 0 aliphatic heterocycles. The molecule has 2 rings (SSSR count). The SMILES string of the molecule is N#Cc1ccc(Br)cc1NC(=O)c1cccnc1Br. The molecule has 1 N–H and O–H groups in total. The maximum absolute atomic E-state index is 12.1. The molecule has 1 heterocycles. The lowest BCUT2D eigenvalue weighted by molar-refractivity contribution is 0.102. The first-order valence-corrected chi connectivity index (χ1v) is 6.82. The summed E-state index contributed by atoms with van der Waals surface area (Å²) in [5.41, 5.74) is 1.26. The van der Waals surface area contributed by atoms with Crippen molar-refractivity contribution in [1.29, 1.82) is 5.26 Å². The highest BCUT2D eigenvalue weighted by Gasteiger charge is 2.12. The van der Waals surface area contributed by atoms with Gasteiger partial charge in [0, 0.05) is 10.7 Å². The number of pyridine rings is 1. The average Bonchev–Trinajstić information content (AvgIpc) is 2.39. The highest BCUT2D eigenvalue weighted by molar-refractivity contribution is 9.10. The third-order valence-electron chi connectivity index (χ3n) is 2.35. The van der Waals surface area contributed by atoms with Crippen molar-refractivity contribution >= 4 is 43.5 Å². The Kier molecular flexibility index (Phi) is 4.30. The number of nitriles is 1. The minimum atomic E-state index is -0.324. The van der Waals surface area contributed by atoms with E-state index in [0.29, 0.717) is 21.4 Å². The van der Waals surface area contributed by atoms with Crippen molar-refractivity contribution in [3.8, 4) is 6.07 Å². The van der Waals surface area contributed by atoms with E-state index in [0.717, 1.165) is 4.47 Å². The molecule has 0 spiro atoms. The molecule has 0 saturated carbocycles. The van der Waals surface area contributed by atoms with Crippen LogP contribution in [0.5, 0.6) is 0 Å². The zero-order valence-electron chi connectivity index (χ0n) is 9.52. The van der Waals surface area contributed by atoms with Gasteiger partial charge in [-0.2, -0.15) is 5.26 Å². The van der Waals surface area contributed by atoms with Crippen LogP contribution in [0.25, 0.3) is 0 Å². The maximum Gasteiger partial charge on any atom is 0.258 e. The summed E-state index contributed by atoms with van der Waals surface area (Å²) < 4.78 is 1.24. The summed E-state index contributed by atoms with van der Waals surface area (Å²) in [5, 5.41) is 11.7. The molecule has 0 bridgehead atoms. The topological polar surface area (TPSA) is 65.8 Å². The monoisotopic (exact) mass is 379 g/mol. The second kappa shape index (κ2) is 5.95. The molecular formula is C13H7Br2N3O. The third-order valence-corrected chi connectivity index (χ3v) is 3.48. The van der Waals surface area contributed by atoms with Crippen LogP contribution in [0, 0.1) is 11.3 Å².